The molecule has 0 aromatic heterocycles. The van der Waals surface area contributed by atoms with Gasteiger partial charge < -0.3 is 0 Å². The third-order valence-corrected chi connectivity index (χ3v) is 5.45. The highest BCUT2D eigenvalue weighted by Crippen LogP contribution is 2.26. The Hall–Kier alpha value is -1.59. The maximum atomic E-state index is 13.3. The van der Waals surface area contributed by atoms with E-state index < -0.39 is 15.8 Å². The van der Waals surface area contributed by atoms with E-state index in [4.69, 9.17) is 11.6 Å². The lowest BCUT2D eigenvalue weighted by Crippen LogP contribution is -2.27. The van der Waals surface area contributed by atoms with Crippen molar-refractivity contribution in [3.05, 3.63) is 59.4 Å². The fourth-order valence-electron chi connectivity index (χ4n) is 1.96. The minimum atomic E-state index is -3.76. The van der Waals surface area contributed by atoms with Crippen LogP contribution >= 0.6 is 11.6 Å². The van der Waals surface area contributed by atoms with E-state index >= 15 is 0 Å². The van der Waals surface area contributed by atoms with Crippen LogP contribution in [0, 0.1) is 12.7 Å². The molecule has 0 amide bonds. The molecule has 0 saturated carbocycles. The van der Waals surface area contributed by atoms with Crippen molar-refractivity contribution >= 4 is 27.3 Å². The summed E-state index contributed by atoms with van der Waals surface area (Å²) in [6.07, 6.45) is 0. The van der Waals surface area contributed by atoms with Gasteiger partial charge in [-0.05, 0) is 42.3 Å². The molecule has 0 heterocycles. The Balaban J connectivity index is 2.51. The molecular weight excluding hydrogens is 313 g/mol. The van der Waals surface area contributed by atoms with Gasteiger partial charge >= 0.3 is 0 Å². The van der Waals surface area contributed by atoms with Gasteiger partial charge in [-0.2, -0.15) is 0 Å². The molecule has 6 heteroatoms. The van der Waals surface area contributed by atoms with Gasteiger partial charge in [0.2, 0.25) is 0 Å². The second-order valence-electron chi connectivity index (χ2n) is 4.69. The topological polar surface area (TPSA) is 37.4 Å². The van der Waals surface area contributed by atoms with E-state index in [0.29, 0.717) is 11.1 Å². The number of benzene rings is 2. The highest BCUT2D eigenvalue weighted by Gasteiger charge is 2.23. The zero-order chi connectivity index (χ0) is 15.6. The summed E-state index contributed by atoms with van der Waals surface area (Å²) >= 11 is 5.76. The Kier molecular flexibility index (Phi) is 4.54. The fourth-order valence-corrected chi connectivity index (χ4v) is 3.59. The summed E-state index contributed by atoms with van der Waals surface area (Å²) in [6, 6.07) is 10.5. The molecule has 2 aromatic carbocycles. The van der Waals surface area contributed by atoms with Crippen LogP contribution in [-0.4, -0.2) is 15.5 Å². The summed E-state index contributed by atoms with van der Waals surface area (Å²) in [5.41, 5.74) is 1.60. The van der Waals surface area contributed by atoms with Crippen LogP contribution in [0.1, 0.15) is 11.1 Å². The third-order valence-electron chi connectivity index (χ3n) is 3.22. The van der Waals surface area contributed by atoms with Gasteiger partial charge in [-0.15, -0.1) is 11.6 Å². The zero-order valence-corrected chi connectivity index (χ0v) is 13.2. The number of hydrogen-bond donors (Lipinski definition) is 0. The molecule has 0 spiro atoms. The van der Waals surface area contributed by atoms with Crippen LogP contribution in [-0.2, 0) is 15.9 Å². The fraction of sp³-hybridized carbons (Fsp3) is 0.200. The van der Waals surface area contributed by atoms with Crippen molar-refractivity contribution in [1.29, 1.82) is 0 Å². The van der Waals surface area contributed by atoms with Crippen molar-refractivity contribution < 1.29 is 12.8 Å². The van der Waals surface area contributed by atoms with E-state index in [1.165, 1.54) is 25.2 Å². The molecule has 0 aliphatic carbocycles. The minimum Gasteiger partial charge on any atom is -0.269 e. The van der Waals surface area contributed by atoms with Crippen LogP contribution in [0.25, 0.3) is 0 Å². The second-order valence-corrected chi connectivity index (χ2v) is 6.89. The molecule has 2 aromatic rings. The summed E-state index contributed by atoms with van der Waals surface area (Å²) in [7, 11) is -2.36. The van der Waals surface area contributed by atoms with Crippen LogP contribution in [0.3, 0.4) is 0 Å². The van der Waals surface area contributed by atoms with Gasteiger partial charge in [0.05, 0.1) is 10.6 Å². The maximum absolute atomic E-state index is 13.3. The SMILES string of the molecule is Cc1ccc(CCl)cc1S(=O)(=O)N(C)c1cccc(F)c1. The second kappa shape index (κ2) is 6.03. The predicted octanol–water partition coefficient (Wildman–Crippen LogP) is 3.70. The number of alkyl halides is 1. The van der Waals surface area contributed by atoms with Crippen LogP contribution in [0.4, 0.5) is 10.1 Å². The van der Waals surface area contributed by atoms with E-state index in [1.54, 1.807) is 31.2 Å². The lowest BCUT2D eigenvalue weighted by atomic mass is 10.2. The van der Waals surface area contributed by atoms with E-state index in [0.717, 1.165) is 4.31 Å². The molecule has 0 radical (unpaired) electrons. The highest BCUT2D eigenvalue weighted by molar-refractivity contribution is 7.92. The zero-order valence-electron chi connectivity index (χ0n) is 11.7. The Morgan fingerprint density at radius 2 is 1.90 bits per heavy atom. The molecule has 0 N–H and O–H groups in total. The quantitative estimate of drug-likeness (QED) is 0.803. The molecule has 0 aliphatic heterocycles. The lowest BCUT2D eigenvalue weighted by molar-refractivity contribution is 0.593. The number of nitrogens with zero attached hydrogens (tertiary/aromatic N) is 1. The van der Waals surface area contributed by atoms with E-state index in [9.17, 15) is 12.8 Å². The maximum Gasteiger partial charge on any atom is 0.264 e. The molecule has 0 bridgehead atoms. The van der Waals surface area contributed by atoms with Crippen molar-refractivity contribution in [2.24, 2.45) is 0 Å². The molecule has 3 nitrogen and oxygen atoms in total. The van der Waals surface area contributed by atoms with Gasteiger partial charge in [0.15, 0.2) is 0 Å². The Labute approximate surface area is 129 Å². The van der Waals surface area contributed by atoms with Crippen molar-refractivity contribution in [2.45, 2.75) is 17.7 Å². The molecule has 2 rings (SSSR count). The Bertz CT molecular complexity index is 762. The summed E-state index contributed by atoms with van der Waals surface area (Å²) in [4.78, 5) is 0.174. The number of rotatable bonds is 4. The van der Waals surface area contributed by atoms with Gasteiger partial charge in [0.25, 0.3) is 10.0 Å². The lowest BCUT2D eigenvalue weighted by Gasteiger charge is -2.21. The molecular formula is C15H15ClFNO2S. The van der Waals surface area contributed by atoms with Gasteiger partial charge in [0.1, 0.15) is 5.82 Å². The summed E-state index contributed by atoms with van der Waals surface area (Å²) in [5.74, 6) is -0.257. The van der Waals surface area contributed by atoms with Gasteiger partial charge in [-0.1, -0.05) is 18.2 Å². The first-order chi connectivity index (χ1) is 9.86. The molecule has 0 aliphatic rings. The summed E-state index contributed by atoms with van der Waals surface area (Å²) < 4.78 is 39.7. The molecule has 0 saturated heterocycles. The Morgan fingerprint density at radius 1 is 1.19 bits per heavy atom. The molecule has 0 unspecified atom stereocenters. The monoisotopic (exact) mass is 327 g/mol. The number of sulfonamides is 1. The van der Waals surface area contributed by atoms with E-state index in [1.807, 2.05) is 0 Å². The largest absolute Gasteiger partial charge is 0.269 e. The average molecular weight is 328 g/mol. The van der Waals surface area contributed by atoms with Gasteiger partial charge in [0, 0.05) is 12.9 Å². The van der Waals surface area contributed by atoms with Gasteiger partial charge in [-0.25, -0.2) is 12.8 Å². The summed E-state index contributed by atoms with van der Waals surface area (Å²) in [5, 5.41) is 0. The molecule has 21 heavy (non-hydrogen) atoms. The molecule has 112 valence electrons. The molecule has 0 atom stereocenters. The molecule has 0 fully saturated rings. The van der Waals surface area contributed by atoms with Crippen molar-refractivity contribution in [2.75, 3.05) is 11.4 Å². The predicted molar refractivity (Wildman–Crippen MR) is 82.7 cm³/mol. The standard InChI is InChI=1S/C15H15ClFNO2S/c1-11-6-7-12(10-16)8-15(11)21(19,20)18(2)14-5-3-4-13(17)9-14/h3-9H,10H2,1-2H3. The number of anilines is 1. The third kappa shape index (κ3) is 3.19. The first kappa shape index (κ1) is 15.8. The Morgan fingerprint density at radius 3 is 2.52 bits per heavy atom. The first-order valence-corrected chi connectivity index (χ1v) is 8.23. The first-order valence-electron chi connectivity index (χ1n) is 6.26. The minimum absolute atomic E-state index is 0.174. The van der Waals surface area contributed by atoms with Crippen molar-refractivity contribution in [1.82, 2.24) is 0 Å². The van der Waals surface area contributed by atoms with E-state index in [2.05, 4.69) is 0 Å². The van der Waals surface area contributed by atoms with Crippen LogP contribution in [0.15, 0.2) is 47.4 Å². The van der Waals surface area contributed by atoms with E-state index in [-0.39, 0.29) is 16.5 Å². The average Bonchev–Trinajstić information content (AvgIpc) is 2.46. The summed E-state index contributed by atoms with van der Waals surface area (Å²) in [6.45, 7) is 1.71. The van der Waals surface area contributed by atoms with Gasteiger partial charge in [-0.3, -0.25) is 4.31 Å². The number of hydrogen-bond acceptors (Lipinski definition) is 2. The van der Waals surface area contributed by atoms with Crippen molar-refractivity contribution in [3.8, 4) is 0 Å². The van der Waals surface area contributed by atoms with Crippen LogP contribution < -0.4 is 4.31 Å². The van der Waals surface area contributed by atoms with Crippen LogP contribution in [0.5, 0.6) is 0 Å². The highest BCUT2D eigenvalue weighted by atomic mass is 35.5. The van der Waals surface area contributed by atoms with Crippen LogP contribution in [0.2, 0.25) is 0 Å². The smallest absolute Gasteiger partial charge is 0.264 e. The number of aryl methyl sites for hydroxylation is 1. The normalized spacial score (nSPS) is 11.4. The van der Waals surface area contributed by atoms with Crippen molar-refractivity contribution in [3.63, 3.8) is 0 Å². The number of halogens is 2.